The van der Waals surface area contributed by atoms with Gasteiger partial charge in [-0.1, -0.05) is 60.6 Å². The maximum Gasteiger partial charge on any atom is 0.355 e. The van der Waals surface area contributed by atoms with E-state index in [4.69, 9.17) is 15.1 Å². The highest BCUT2D eigenvalue weighted by Crippen LogP contribution is 2.38. The Bertz CT molecular complexity index is 3080. The van der Waals surface area contributed by atoms with Crippen LogP contribution in [-0.4, -0.2) is 101 Å². The van der Waals surface area contributed by atoms with Gasteiger partial charge in [-0.2, -0.15) is 0 Å². The maximum atomic E-state index is 13.7. The van der Waals surface area contributed by atoms with Gasteiger partial charge in [-0.05, 0) is 148 Å². The number of para-hydroxylation sites is 1. The van der Waals surface area contributed by atoms with Gasteiger partial charge in [-0.25, -0.2) is 14.8 Å². The molecule has 2 saturated heterocycles. The summed E-state index contributed by atoms with van der Waals surface area (Å²) in [4.78, 5) is 67.1. The fourth-order valence-corrected chi connectivity index (χ4v) is 12.3. The molecule has 5 N–H and O–H groups in total. The van der Waals surface area contributed by atoms with Crippen LogP contribution in [0.15, 0.2) is 91.0 Å². The number of aromatic nitrogens is 2. The molecule has 15 nitrogen and oxygen atoms in total. The molecule has 2 atom stereocenters. The molecule has 0 bridgehead atoms. The van der Waals surface area contributed by atoms with Crippen molar-refractivity contribution in [3.05, 3.63) is 125 Å². The molecule has 74 heavy (non-hydrogen) atoms. The lowest BCUT2D eigenvalue weighted by Gasteiger charge is -2.41. The summed E-state index contributed by atoms with van der Waals surface area (Å²) in [6.07, 6.45) is 9.21. The van der Waals surface area contributed by atoms with Crippen molar-refractivity contribution in [2.24, 2.45) is 11.8 Å². The number of nitrogens with zero attached hydrogens (tertiary/aromatic N) is 5. The van der Waals surface area contributed by atoms with E-state index in [1.807, 2.05) is 97.7 Å². The number of fused-ring (bicyclic) bond motifs is 2. The van der Waals surface area contributed by atoms with Crippen molar-refractivity contribution in [3.8, 4) is 16.9 Å². The van der Waals surface area contributed by atoms with Gasteiger partial charge in [-0.15, -0.1) is 0 Å². The van der Waals surface area contributed by atoms with E-state index >= 15 is 0 Å². The van der Waals surface area contributed by atoms with E-state index < -0.39 is 17.8 Å². The van der Waals surface area contributed by atoms with E-state index in [2.05, 4.69) is 49.8 Å². The van der Waals surface area contributed by atoms with Crippen molar-refractivity contribution in [1.82, 2.24) is 20.2 Å². The zero-order valence-electron chi connectivity index (χ0n) is 42.4. The van der Waals surface area contributed by atoms with Crippen LogP contribution in [0.25, 0.3) is 21.3 Å². The molecule has 3 aliphatic heterocycles. The van der Waals surface area contributed by atoms with Crippen LogP contribution in [0, 0.1) is 24.2 Å². The van der Waals surface area contributed by atoms with Crippen molar-refractivity contribution >= 4 is 73.3 Å². The van der Waals surface area contributed by atoms with E-state index in [0.29, 0.717) is 65.5 Å². The Balaban J connectivity index is 0.694. The van der Waals surface area contributed by atoms with Crippen LogP contribution in [0.3, 0.4) is 0 Å². The van der Waals surface area contributed by atoms with E-state index in [0.717, 1.165) is 101 Å². The third kappa shape index (κ3) is 10.9. The Kier molecular flexibility index (Phi) is 15.1. The number of amides is 3. The number of unbranched alkanes of at least 4 members (excludes halogenated alkanes) is 1. The Labute approximate surface area is 436 Å². The van der Waals surface area contributed by atoms with E-state index in [1.54, 1.807) is 0 Å². The minimum atomic E-state index is -1.10. The SMILES string of the molecule is CNc1cc(N2CCN(CCCC[C@H]3CC[C@H](Oc4cccc(-c5ccc(N6CCc7cccc(C(=O)Nc8nc9ccccc9s8)c7C6)nc5C(=O)O)c4C)CC3)[C@@H](C)C2)ccc1C(=N)C1CCC(=O)NC1=O. The number of anilines is 4. The van der Waals surface area contributed by atoms with Gasteiger partial charge in [-0.3, -0.25) is 29.9 Å². The van der Waals surface area contributed by atoms with Crippen LogP contribution in [0.4, 0.5) is 22.3 Å². The molecular weight excluding hydrogens is 951 g/mol. The number of aromatic carboxylic acids is 1. The van der Waals surface area contributed by atoms with Crippen molar-refractivity contribution in [2.45, 2.75) is 96.7 Å². The highest BCUT2D eigenvalue weighted by molar-refractivity contribution is 7.22. The summed E-state index contributed by atoms with van der Waals surface area (Å²) < 4.78 is 7.69. The van der Waals surface area contributed by atoms with Crippen LogP contribution in [0.2, 0.25) is 0 Å². The van der Waals surface area contributed by atoms with Gasteiger partial charge in [0.05, 0.1) is 28.0 Å². The van der Waals surface area contributed by atoms with E-state index in [1.165, 1.54) is 30.6 Å². The minimum Gasteiger partial charge on any atom is -0.490 e. The van der Waals surface area contributed by atoms with Crippen molar-refractivity contribution < 1.29 is 29.0 Å². The first-order valence-corrected chi connectivity index (χ1v) is 27.0. The zero-order chi connectivity index (χ0) is 51.5. The number of pyridine rings is 1. The molecule has 1 saturated carbocycles. The second-order valence-corrected chi connectivity index (χ2v) is 21.4. The molecule has 384 valence electrons. The lowest BCUT2D eigenvalue weighted by molar-refractivity contribution is -0.134. The minimum absolute atomic E-state index is 0.0217. The number of thiazole rings is 1. The largest absolute Gasteiger partial charge is 0.490 e. The molecule has 1 aliphatic carbocycles. The Morgan fingerprint density at radius 3 is 2.47 bits per heavy atom. The zero-order valence-corrected chi connectivity index (χ0v) is 43.2. The van der Waals surface area contributed by atoms with Gasteiger partial charge < -0.3 is 30.4 Å². The van der Waals surface area contributed by atoms with Crippen molar-refractivity contribution in [3.63, 3.8) is 0 Å². The summed E-state index contributed by atoms with van der Waals surface area (Å²) in [5.41, 5.74) is 8.42. The highest BCUT2D eigenvalue weighted by Gasteiger charge is 2.33. The van der Waals surface area contributed by atoms with Crippen molar-refractivity contribution in [2.75, 3.05) is 60.2 Å². The quantitative estimate of drug-likeness (QED) is 0.0351. The number of nitrogens with one attached hydrogen (secondary N) is 4. The number of piperazine rings is 1. The monoisotopic (exact) mass is 1020 g/mol. The summed E-state index contributed by atoms with van der Waals surface area (Å²) in [5, 5.41) is 28.5. The summed E-state index contributed by atoms with van der Waals surface area (Å²) in [7, 11) is 1.84. The number of piperidine rings is 1. The van der Waals surface area contributed by atoms with Crippen LogP contribution >= 0.6 is 11.3 Å². The van der Waals surface area contributed by atoms with Crippen LogP contribution in [0.1, 0.15) is 108 Å². The average Bonchev–Trinajstić information content (AvgIpc) is 3.83. The number of imide groups is 1. The molecule has 0 radical (unpaired) electrons. The second kappa shape index (κ2) is 22.1. The van der Waals surface area contributed by atoms with E-state index in [-0.39, 0.29) is 35.7 Å². The van der Waals surface area contributed by atoms with Gasteiger partial charge in [0.2, 0.25) is 11.8 Å². The molecule has 4 aliphatic rings. The predicted molar refractivity (Wildman–Crippen MR) is 292 cm³/mol. The number of carboxylic acid groups (broad SMARTS) is 1. The molecule has 6 aromatic rings. The molecule has 4 aromatic carbocycles. The molecule has 16 heteroatoms. The molecular formula is C58H65N9O6S. The number of carbonyl (C=O) groups excluding carboxylic acids is 3. The standard InChI is InChI=1S/C58H65N9O6S/c1-35-33-66(39-19-22-44(48(32-39)60-3)53(59)45-24-26-52(68)63-56(45)70)31-30-65(35)28-7-6-10-37-17-20-40(21-18-37)73-49-15-9-12-41(36(49)2)42-23-25-51(62-54(42)57(71)72)67-29-27-38-11-8-13-43(46(38)34-67)55(69)64-58-61-47-14-4-5-16-50(47)74-58/h4-5,8-9,11-16,19,22-23,25,32,35,37,40,45,59-60H,6-7,10,17-18,20-21,24,26-31,33-34H2,1-3H3,(H,71,72)(H,61,64,69)(H,63,68,70)/t35-,37-,40-,45?/m0/s1. The number of benzene rings is 4. The third-order valence-electron chi connectivity index (χ3n) is 15.7. The normalized spacial score (nSPS) is 20.2. The maximum absolute atomic E-state index is 13.7. The first-order valence-electron chi connectivity index (χ1n) is 26.2. The lowest BCUT2D eigenvalue weighted by atomic mass is 9.84. The Hall–Kier alpha value is -7.17. The Morgan fingerprint density at radius 1 is 0.865 bits per heavy atom. The van der Waals surface area contributed by atoms with Crippen LogP contribution in [-0.2, 0) is 22.6 Å². The number of carboxylic acids is 1. The first-order chi connectivity index (χ1) is 35.9. The van der Waals surface area contributed by atoms with Crippen molar-refractivity contribution in [1.29, 1.82) is 5.41 Å². The number of rotatable bonds is 16. The second-order valence-electron chi connectivity index (χ2n) is 20.3. The molecule has 3 fully saturated rings. The first kappa shape index (κ1) is 50.4. The predicted octanol–water partition coefficient (Wildman–Crippen LogP) is 9.96. The molecule has 2 aromatic heterocycles. The molecule has 0 spiro atoms. The summed E-state index contributed by atoms with van der Waals surface area (Å²) in [6.45, 7) is 9.24. The fraction of sp³-hybridized carbons (Fsp3) is 0.397. The topological polar surface area (TPSA) is 193 Å². The highest BCUT2D eigenvalue weighted by atomic mass is 32.1. The molecule has 5 heterocycles. The summed E-state index contributed by atoms with van der Waals surface area (Å²) >= 11 is 1.44. The third-order valence-corrected chi connectivity index (χ3v) is 16.6. The fourth-order valence-electron chi connectivity index (χ4n) is 11.5. The van der Waals surface area contributed by atoms with Gasteiger partial charge in [0.15, 0.2) is 10.8 Å². The number of carbonyl (C=O) groups is 4. The Morgan fingerprint density at radius 2 is 1.69 bits per heavy atom. The smallest absolute Gasteiger partial charge is 0.355 e. The van der Waals surface area contributed by atoms with E-state index in [9.17, 15) is 24.3 Å². The number of ether oxygens (including phenoxy) is 1. The molecule has 10 rings (SSSR count). The van der Waals surface area contributed by atoms with Gasteiger partial charge in [0, 0.05) is 80.3 Å². The number of hydrogen-bond acceptors (Lipinski definition) is 13. The average molecular weight is 1020 g/mol. The summed E-state index contributed by atoms with van der Waals surface area (Å²) in [5.74, 6) is -0.627. The lowest BCUT2D eigenvalue weighted by Crippen LogP contribution is -2.52. The van der Waals surface area contributed by atoms with Gasteiger partial charge in [0.25, 0.3) is 5.91 Å². The molecule has 1 unspecified atom stereocenters. The van der Waals surface area contributed by atoms with Gasteiger partial charge >= 0.3 is 5.97 Å². The number of hydrogen-bond donors (Lipinski definition) is 5. The van der Waals surface area contributed by atoms with Crippen LogP contribution in [0.5, 0.6) is 5.75 Å². The van der Waals surface area contributed by atoms with Crippen LogP contribution < -0.4 is 30.5 Å². The molecule has 3 amide bonds. The summed E-state index contributed by atoms with van der Waals surface area (Å²) in [6, 6.07) is 29.6. The van der Waals surface area contributed by atoms with Gasteiger partial charge in [0.1, 0.15) is 11.6 Å².